The largest absolute Gasteiger partial charge is 0.477 e. The Hall–Kier alpha value is -3.79. The molecule has 0 bridgehead atoms. The van der Waals surface area contributed by atoms with Crippen molar-refractivity contribution >= 4 is 40.9 Å². The molecule has 9 nitrogen and oxygen atoms in total. The van der Waals surface area contributed by atoms with E-state index in [-0.39, 0.29) is 30.0 Å². The Labute approximate surface area is 207 Å². The van der Waals surface area contributed by atoms with E-state index in [2.05, 4.69) is 15.6 Å². The molecular formula is C25H27N5O4S. The Bertz CT molecular complexity index is 1210. The highest BCUT2D eigenvalue weighted by Crippen LogP contribution is 2.34. The number of fused-ring (bicyclic) bond motifs is 1. The summed E-state index contributed by atoms with van der Waals surface area (Å²) >= 11 is 1.34. The van der Waals surface area contributed by atoms with Crippen LogP contribution < -0.4 is 20.3 Å². The summed E-state index contributed by atoms with van der Waals surface area (Å²) in [5.41, 5.74) is 1.64. The van der Waals surface area contributed by atoms with Gasteiger partial charge in [0.15, 0.2) is 11.3 Å². The fraction of sp³-hybridized carbons (Fsp3) is 0.280. The van der Waals surface area contributed by atoms with Crippen LogP contribution in [0.2, 0.25) is 0 Å². The van der Waals surface area contributed by atoms with Gasteiger partial charge >= 0.3 is 0 Å². The highest BCUT2D eigenvalue weighted by atomic mass is 32.2. The molecule has 0 aliphatic carbocycles. The van der Waals surface area contributed by atoms with E-state index in [1.165, 1.54) is 11.8 Å². The number of para-hydroxylation sites is 2. The molecular weight excluding hydrogens is 466 g/mol. The fourth-order valence-corrected chi connectivity index (χ4v) is 4.33. The molecule has 35 heavy (non-hydrogen) atoms. The van der Waals surface area contributed by atoms with Crippen LogP contribution in [0.3, 0.4) is 0 Å². The number of rotatable bonds is 8. The average Bonchev–Trinajstić information content (AvgIpc) is 3.29. The molecule has 2 N–H and O–H groups in total. The lowest BCUT2D eigenvalue weighted by atomic mass is 10.1. The van der Waals surface area contributed by atoms with Crippen molar-refractivity contribution in [1.82, 2.24) is 14.9 Å². The zero-order chi connectivity index (χ0) is 24.8. The monoisotopic (exact) mass is 493 g/mol. The Kier molecular flexibility index (Phi) is 7.71. The average molecular weight is 494 g/mol. The van der Waals surface area contributed by atoms with Crippen molar-refractivity contribution < 1.29 is 19.1 Å². The maximum absolute atomic E-state index is 13.4. The molecule has 0 unspecified atom stereocenters. The zero-order valence-corrected chi connectivity index (χ0v) is 20.4. The van der Waals surface area contributed by atoms with E-state index >= 15 is 0 Å². The lowest BCUT2D eigenvalue weighted by molar-refractivity contribution is -0.127. The smallest absolute Gasteiger partial charge is 0.262 e. The number of nitrogens with one attached hydrogen (secondary N) is 2. The summed E-state index contributed by atoms with van der Waals surface area (Å²) in [4.78, 5) is 44.0. The van der Waals surface area contributed by atoms with Crippen LogP contribution in [-0.4, -0.2) is 52.2 Å². The summed E-state index contributed by atoms with van der Waals surface area (Å²) in [5.74, 6) is 0.0354. The standard InChI is InChI=1S/C25H27N5O4S/c1-3-12-26-23(32)21-15-30(19-6-4-5-7-20(19)34-21)24(33)17-8-10-18(11-9-17)28-22(31)16-35-25-27-13-14-29(25)2/h4-11,13-14,21H,3,12,15-16H2,1-2H3,(H,26,32)(H,28,31)/t21-/m0/s1. The first kappa shape index (κ1) is 24.3. The predicted molar refractivity (Wildman–Crippen MR) is 135 cm³/mol. The van der Waals surface area contributed by atoms with E-state index in [0.717, 1.165) is 11.6 Å². The fourth-order valence-electron chi connectivity index (χ4n) is 3.60. The van der Waals surface area contributed by atoms with Crippen LogP contribution in [-0.2, 0) is 16.6 Å². The summed E-state index contributed by atoms with van der Waals surface area (Å²) in [6.45, 7) is 2.62. The van der Waals surface area contributed by atoms with Gasteiger partial charge in [-0.25, -0.2) is 4.98 Å². The molecule has 1 aliphatic heterocycles. The van der Waals surface area contributed by atoms with Crippen LogP contribution in [0.15, 0.2) is 66.1 Å². The quantitative estimate of drug-likeness (QED) is 0.467. The van der Waals surface area contributed by atoms with Gasteiger partial charge in [0.2, 0.25) is 5.91 Å². The maximum Gasteiger partial charge on any atom is 0.262 e. The van der Waals surface area contributed by atoms with E-state index in [9.17, 15) is 14.4 Å². The third-order valence-electron chi connectivity index (χ3n) is 5.39. The Morgan fingerprint density at radius 2 is 1.91 bits per heavy atom. The zero-order valence-electron chi connectivity index (χ0n) is 19.6. The minimum atomic E-state index is -0.796. The number of nitrogens with zero attached hydrogens (tertiary/aromatic N) is 3. The minimum absolute atomic E-state index is 0.105. The number of anilines is 2. The van der Waals surface area contributed by atoms with Crippen LogP contribution in [0.1, 0.15) is 23.7 Å². The first-order valence-corrected chi connectivity index (χ1v) is 12.3. The molecule has 182 valence electrons. The van der Waals surface area contributed by atoms with E-state index in [4.69, 9.17) is 4.74 Å². The van der Waals surface area contributed by atoms with Crippen molar-refractivity contribution in [3.8, 4) is 5.75 Å². The Balaban J connectivity index is 1.43. The van der Waals surface area contributed by atoms with Gasteiger partial charge in [0, 0.05) is 37.2 Å². The van der Waals surface area contributed by atoms with Gasteiger partial charge in [-0.3, -0.25) is 14.4 Å². The summed E-state index contributed by atoms with van der Waals surface area (Å²) in [7, 11) is 1.87. The molecule has 0 fully saturated rings. The lowest BCUT2D eigenvalue weighted by Crippen LogP contribution is -2.50. The van der Waals surface area contributed by atoms with Crippen LogP contribution in [0, 0.1) is 0 Å². The van der Waals surface area contributed by atoms with Gasteiger partial charge in [-0.2, -0.15) is 0 Å². The highest BCUT2D eigenvalue weighted by molar-refractivity contribution is 7.99. The topological polar surface area (TPSA) is 106 Å². The number of ether oxygens (including phenoxy) is 1. The third kappa shape index (κ3) is 5.83. The molecule has 0 saturated carbocycles. The number of imidazole rings is 1. The molecule has 2 aromatic carbocycles. The van der Waals surface area contributed by atoms with Crippen molar-refractivity contribution in [2.24, 2.45) is 7.05 Å². The summed E-state index contributed by atoms with van der Waals surface area (Å²) < 4.78 is 7.71. The normalized spacial score (nSPS) is 14.6. The SMILES string of the molecule is CCCNC(=O)[C@@H]1CN(C(=O)c2ccc(NC(=O)CSc3nccn3C)cc2)c2ccccc2O1. The number of aryl methyl sites for hydroxylation is 1. The second kappa shape index (κ2) is 11.1. The maximum atomic E-state index is 13.4. The van der Waals surface area contributed by atoms with Crippen molar-refractivity contribution in [1.29, 1.82) is 0 Å². The summed E-state index contributed by atoms with van der Waals surface area (Å²) in [6, 6.07) is 13.9. The van der Waals surface area contributed by atoms with Crippen molar-refractivity contribution in [2.75, 3.05) is 29.1 Å². The molecule has 0 radical (unpaired) electrons. The van der Waals surface area contributed by atoms with Gasteiger partial charge in [0.25, 0.3) is 11.8 Å². The van der Waals surface area contributed by atoms with Gasteiger partial charge in [-0.05, 0) is 42.8 Å². The van der Waals surface area contributed by atoms with E-state index in [1.807, 2.05) is 30.8 Å². The first-order chi connectivity index (χ1) is 17.0. The summed E-state index contributed by atoms with van der Waals surface area (Å²) in [5, 5.41) is 6.42. The first-order valence-electron chi connectivity index (χ1n) is 11.3. The predicted octanol–water partition coefficient (Wildman–Crippen LogP) is 3.08. The van der Waals surface area contributed by atoms with Gasteiger partial charge in [-0.1, -0.05) is 30.8 Å². The van der Waals surface area contributed by atoms with Gasteiger partial charge in [-0.15, -0.1) is 0 Å². The molecule has 1 aliphatic rings. The van der Waals surface area contributed by atoms with E-state index < -0.39 is 6.10 Å². The van der Waals surface area contributed by atoms with Crippen molar-refractivity contribution in [3.05, 3.63) is 66.5 Å². The number of benzene rings is 2. The number of thioether (sulfide) groups is 1. The van der Waals surface area contributed by atoms with Crippen molar-refractivity contribution in [3.63, 3.8) is 0 Å². The van der Waals surface area contributed by atoms with Crippen LogP contribution in [0.5, 0.6) is 5.75 Å². The van der Waals surface area contributed by atoms with Crippen LogP contribution in [0.25, 0.3) is 0 Å². The highest BCUT2D eigenvalue weighted by Gasteiger charge is 2.34. The lowest BCUT2D eigenvalue weighted by Gasteiger charge is -2.34. The van der Waals surface area contributed by atoms with Crippen molar-refractivity contribution in [2.45, 2.75) is 24.6 Å². The third-order valence-corrected chi connectivity index (χ3v) is 6.44. The van der Waals surface area contributed by atoms with Gasteiger partial charge in [0.05, 0.1) is 18.0 Å². The number of aromatic nitrogens is 2. The minimum Gasteiger partial charge on any atom is -0.477 e. The number of hydrogen-bond donors (Lipinski definition) is 2. The van der Waals surface area contributed by atoms with Crippen LogP contribution >= 0.6 is 11.8 Å². The molecule has 0 spiro atoms. The number of hydrogen-bond acceptors (Lipinski definition) is 6. The Morgan fingerprint density at radius 1 is 1.14 bits per heavy atom. The van der Waals surface area contributed by atoms with Gasteiger partial charge < -0.3 is 24.8 Å². The molecule has 2 heterocycles. The second-order valence-electron chi connectivity index (χ2n) is 8.02. The van der Waals surface area contributed by atoms with E-state index in [1.54, 1.807) is 53.6 Å². The van der Waals surface area contributed by atoms with Crippen LogP contribution in [0.4, 0.5) is 11.4 Å². The summed E-state index contributed by atoms with van der Waals surface area (Å²) in [6.07, 6.45) is 3.52. The number of amides is 3. The molecule has 0 saturated heterocycles. The number of carbonyl (C=O) groups is 3. The molecule has 3 amide bonds. The molecule has 1 atom stereocenters. The van der Waals surface area contributed by atoms with Gasteiger partial charge in [0.1, 0.15) is 5.75 Å². The molecule has 10 heteroatoms. The molecule has 3 aromatic rings. The Morgan fingerprint density at radius 3 is 2.63 bits per heavy atom. The number of carbonyl (C=O) groups excluding carboxylic acids is 3. The second-order valence-corrected chi connectivity index (χ2v) is 8.96. The van der Waals surface area contributed by atoms with E-state index in [0.29, 0.717) is 29.2 Å². The molecule has 1 aromatic heterocycles. The molecule has 4 rings (SSSR count).